The van der Waals surface area contributed by atoms with Crippen LogP contribution in [0.15, 0.2) is 29.3 Å². The molecule has 2 N–H and O–H groups in total. The van der Waals surface area contributed by atoms with Crippen molar-refractivity contribution in [3.63, 3.8) is 0 Å². The number of carbonyl (C=O) groups excluding carboxylic acids is 1. The summed E-state index contributed by atoms with van der Waals surface area (Å²) in [6.45, 7) is 0.640. The minimum atomic E-state index is -1.15. The maximum absolute atomic E-state index is 11.9. The summed E-state index contributed by atoms with van der Waals surface area (Å²) < 4.78 is 10.8. The number of benzene rings is 1. The van der Waals surface area contributed by atoms with Crippen molar-refractivity contribution in [2.45, 2.75) is 12.2 Å². The SMILES string of the molecule is NC1=NC(=O)C2(COCc3ccccc32)O1. The molecule has 1 unspecified atom stereocenters. The minimum absolute atomic E-state index is 0.0923. The van der Waals surface area contributed by atoms with Gasteiger partial charge in [0.05, 0.1) is 6.61 Å². The Kier molecular flexibility index (Phi) is 1.79. The summed E-state index contributed by atoms with van der Waals surface area (Å²) >= 11 is 0. The van der Waals surface area contributed by atoms with Crippen LogP contribution in [0, 0.1) is 0 Å². The molecule has 2 aliphatic heterocycles. The Labute approximate surface area is 91.9 Å². The maximum atomic E-state index is 11.9. The third-order valence-electron chi connectivity index (χ3n) is 2.85. The molecule has 5 nitrogen and oxygen atoms in total. The van der Waals surface area contributed by atoms with Crippen molar-refractivity contribution >= 4 is 11.9 Å². The highest BCUT2D eigenvalue weighted by atomic mass is 16.6. The number of hydrogen-bond acceptors (Lipinski definition) is 4. The van der Waals surface area contributed by atoms with Gasteiger partial charge in [0, 0.05) is 5.56 Å². The van der Waals surface area contributed by atoms with Crippen molar-refractivity contribution in [3.8, 4) is 0 Å². The molecule has 1 aromatic rings. The summed E-state index contributed by atoms with van der Waals surface area (Å²) in [5, 5.41) is 0. The fourth-order valence-corrected chi connectivity index (χ4v) is 2.12. The molecule has 0 saturated carbocycles. The Morgan fingerprint density at radius 2 is 2.19 bits per heavy atom. The van der Waals surface area contributed by atoms with Gasteiger partial charge in [-0.1, -0.05) is 24.3 Å². The zero-order valence-electron chi connectivity index (χ0n) is 8.47. The van der Waals surface area contributed by atoms with Crippen LogP contribution in [0.4, 0.5) is 0 Å². The van der Waals surface area contributed by atoms with Gasteiger partial charge in [-0.15, -0.1) is 0 Å². The Morgan fingerprint density at radius 3 is 2.94 bits per heavy atom. The van der Waals surface area contributed by atoms with E-state index >= 15 is 0 Å². The fraction of sp³-hybridized carbons (Fsp3) is 0.273. The molecular weight excluding hydrogens is 208 g/mol. The molecule has 0 aliphatic carbocycles. The van der Waals surface area contributed by atoms with Crippen molar-refractivity contribution in [2.75, 3.05) is 6.61 Å². The van der Waals surface area contributed by atoms with E-state index in [9.17, 15) is 4.79 Å². The van der Waals surface area contributed by atoms with Crippen molar-refractivity contribution in [2.24, 2.45) is 10.7 Å². The Bertz CT molecular complexity index is 498. The first-order chi connectivity index (χ1) is 7.72. The summed E-state index contributed by atoms with van der Waals surface area (Å²) in [6.07, 6.45) is 0. The van der Waals surface area contributed by atoms with Crippen LogP contribution in [0.5, 0.6) is 0 Å². The average Bonchev–Trinajstić information content (AvgIpc) is 2.55. The lowest BCUT2D eigenvalue weighted by molar-refractivity contribution is -0.140. The number of rotatable bonds is 0. The summed E-state index contributed by atoms with van der Waals surface area (Å²) in [5.74, 6) is -0.392. The number of ether oxygens (including phenoxy) is 2. The molecular formula is C11H10N2O3. The van der Waals surface area contributed by atoms with Crippen LogP contribution in [0.2, 0.25) is 0 Å². The first-order valence-electron chi connectivity index (χ1n) is 4.96. The van der Waals surface area contributed by atoms with E-state index in [0.29, 0.717) is 6.61 Å². The molecule has 5 heteroatoms. The molecule has 0 bridgehead atoms. The zero-order chi connectivity index (χ0) is 11.2. The molecule has 0 fully saturated rings. The number of carbonyl (C=O) groups is 1. The standard InChI is InChI=1S/C11H10N2O3/c12-10-13-9(14)11(16-10)6-15-5-7-3-1-2-4-8(7)11/h1-4H,5-6H2,(H2,12,13,14). The van der Waals surface area contributed by atoms with Gasteiger partial charge in [0.25, 0.3) is 6.02 Å². The van der Waals surface area contributed by atoms with Gasteiger partial charge in [-0.2, -0.15) is 4.99 Å². The second kappa shape index (κ2) is 3.05. The van der Waals surface area contributed by atoms with Gasteiger partial charge < -0.3 is 15.2 Å². The van der Waals surface area contributed by atoms with E-state index < -0.39 is 11.5 Å². The summed E-state index contributed by atoms with van der Waals surface area (Å²) in [7, 11) is 0. The van der Waals surface area contributed by atoms with Crippen LogP contribution in [-0.2, 0) is 26.5 Å². The summed E-state index contributed by atoms with van der Waals surface area (Å²) in [4.78, 5) is 15.5. The Balaban J connectivity index is 2.15. The fourth-order valence-electron chi connectivity index (χ4n) is 2.12. The second-order valence-corrected chi connectivity index (χ2v) is 3.83. The van der Waals surface area contributed by atoms with Gasteiger partial charge in [-0.05, 0) is 5.56 Å². The molecule has 0 saturated heterocycles. The van der Waals surface area contributed by atoms with Crippen LogP contribution in [-0.4, -0.2) is 18.5 Å². The molecule has 16 heavy (non-hydrogen) atoms. The van der Waals surface area contributed by atoms with Gasteiger partial charge in [0.1, 0.15) is 6.61 Å². The van der Waals surface area contributed by atoms with Gasteiger partial charge >= 0.3 is 5.91 Å². The first kappa shape index (κ1) is 9.35. The third kappa shape index (κ3) is 1.09. The molecule has 1 aromatic carbocycles. The molecule has 1 spiro atoms. The molecule has 82 valence electrons. The molecule has 3 rings (SSSR count). The van der Waals surface area contributed by atoms with Gasteiger partial charge in [-0.25, -0.2) is 0 Å². The molecule has 2 aliphatic rings. The normalized spacial score (nSPS) is 27.5. The molecule has 0 radical (unpaired) electrons. The van der Waals surface area contributed by atoms with Gasteiger partial charge in [0.15, 0.2) is 0 Å². The predicted molar refractivity (Wildman–Crippen MR) is 55.5 cm³/mol. The van der Waals surface area contributed by atoms with Crippen molar-refractivity contribution < 1.29 is 14.3 Å². The number of nitrogens with zero attached hydrogens (tertiary/aromatic N) is 1. The highest BCUT2D eigenvalue weighted by Gasteiger charge is 2.51. The Hall–Kier alpha value is -1.88. The highest BCUT2D eigenvalue weighted by Crippen LogP contribution is 2.37. The monoisotopic (exact) mass is 218 g/mol. The van der Waals surface area contributed by atoms with Gasteiger partial charge in [-0.3, -0.25) is 4.79 Å². The van der Waals surface area contributed by atoms with Crippen molar-refractivity contribution in [1.82, 2.24) is 0 Å². The van der Waals surface area contributed by atoms with Crippen LogP contribution >= 0.6 is 0 Å². The smallest absolute Gasteiger partial charge is 0.301 e. The van der Waals surface area contributed by atoms with Crippen molar-refractivity contribution in [1.29, 1.82) is 0 Å². The highest BCUT2D eigenvalue weighted by molar-refractivity contribution is 6.01. The lowest BCUT2D eigenvalue weighted by atomic mass is 9.88. The number of aliphatic imine (C=N–C) groups is 1. The minimum Gasteiger partial charge on any atom is -0.441 e. The van der Waals surface area contributed by atoms with Crippen LogP contribution in [0.25, 0.3) is 0 Å². The lowest BCUT2D eigenvalue weighted by Crippen LogP contribution is -2.43. The molecule has 2 heterocycles. The van der Waals surface area contributed by atoms with Crippen LogP contribution in [0.1, 0.15) is 11.1 Å². The molecule has 0 aromatic heterocycles. The van der Waals surface area contributed by atoms with Crippen LogP contribution in [0.3, 0.4) is 0 Å². The average molecular weight is 218 g/mol. The number of fused-ring (bicyclic) bond motifs is 2. The molecule has 1 amide bonds. The van der Waals surface area contributed by atoms with E-state index in [1.165, 1.54) is 0 Å². The van der Waals surface area contributed by atoms with E-state index in [2.05, 4.69) is 4.99 Å². The largest absolute Gasteiger partial charge is 0.441 e. The zero-order valence-corrected chi connectivity index (χ0v) is 8.47. The lowest BCUT2D eigenvalue weighted by Gasteiger charge is -2.32. The van der Waals surface area contributed by atoms with E-state index in [0.717, 1.165) is 11.1 Å². The summed E-state index contributed by atoms with van der Waals surface area (Å²) in [6, 6.07) is 7.41. The number of nitrogens with two attached hydrogens (primary N) is 1. The molecule has 1 atom stereocenters. The first-order valence-corrected chi connectivity index (χ1v) is 4.96. The topological polar surface area (TPSA) is 73.9 Å². The van der Waals surface area contributed by atoms with E-state index in [-0.39, 0.29) is 12.6 Å². The van der Waals surface area contributed by atoms with Crippen LogP contribution < -0.4 is 5.73 Å². The third-order valence-corrected chi connectivity index (χ3v) is 2.85. The number of hydrogen-bond donors (Lipinski definition) is 1. The van der Waals surface area contributed by atoms with Crippen molar-refractivity contribution in [3.05, 3.63) is 35.4 Å². The van der Waals surface area contributed by atoms with E-state index in [1.807, 2.05) is 24.3 Å². The summed E-state index contributed by atoms with van der Waals surface area (Å²) in [5.41, 5.74) is 6.02. The maximum Gasteiger partial charge on any atom is 0.301 e. The van der Waals surface area contributed by atoms with E-state index in [4.69, 9.17) is 15.2 Å². The number of amidine groups is 1. The quantitative estimate of drug-likeness (QED) is 0.679. The van der Waals surface area contributed by atoms with Gasteiger partial charge in [0.2, 0.25) is 5.60 Å². The van der Waals surface area contributed by atoms with E-state index in [1.54, 1.807) is 0 Å². The predicted octanol–water partition coefficient (Wildman–Crippen LogP) is 0.284. The second-order valence-electron chi connectivity index (χ2n) is 3.83. The number of amides is 1. The Morgan fingerprint density at radius 1 is 1.38 bits per heavy atom.